The average molecular weight is 269 g/mol. The van der Waals surface area contributed by atoms with Crippen LogP contribution < -0.4 is 5.32 Å². The molecule has 104 valence electrons. The van der Waals surface area contributed by atoms with Crippen LogP contribution in [0.1, 0.15) is 23.3 Å². The lowest BCUT2D eigenvalue weighted by atomic mass is 10.1. The van der Waals surface area contributed by atoms with Gasteiger partial charge in [-0.15, -0.1) is 0 Å². The number of aliphatic carboxylic acids is 1. The number of nitrogens with one attached hydrogen (secondary N) is 1. The van der Waals surface area contributed by atoms with E-state index in [-0.39, 0.29) is 18.5 Å². The lowest BCUT2D eigenvalue weighted by Crippen LogP contribution is -2.41. The van der Waals surface area contributed by atoms with Crippen molar-refractivity contribution in [1.29, 1.82) is 0 Å². The van der Waals surface area contributed by atoms with Gasteiger partial charge < -0.3 is 19.7 Å². The Bertz CT molecular complexity index is 482. The van der Waals surface area contributed by atoms with Crippen LogP contribution in [0, 0.1) is 0 Å². The number of hydrogen-bond donors (Lipinski definition) is 2. The summed E-state index contributed by atoms with van der Waals surface area (Å²) in [6.45, 7) is 0. The fourth-order valence-electron chi connectivity index (χ4n) is 1.38. The first-order chi connectivity index (χ1) is 8.93. The predicted octanol–water partition coefficient (Wildman–Crippen LogP) is -0.444. The van der Waals surface area contributed by atoms with Crippen molar-refractivity contribution >= 4 is 17.8 Å². The zero-order valence-electron chi connectivity index (χ0n) is 10.6. The van der Waals surface area contributed by atoms with Crippen LogP contribution in [0.3, 0.4) is 0 Å². The van der Waals surface area contributed by atoms with Crippen molar-refractivity contribution < 1.29 is 24.2 Å². The van der Waals surface area contributed by atoms with E-state index < -0.39 is 23.9 Å². The number of imidazole rings is 1. The molecule has 2 N–H and O–H groups in total. The second-order valence-corrected chi connectivity index (χ2v) is 3.90. The van der Waals surface area contributed by atoms with Crippen LogP contribution in [0.4, 0.5) is 0 Å². The van der Waals surface area contributed by atoms with E-state index in [0.717, 1.165) is 0 Å². The summed E-state index contributed by atoms with van der Waals surface area (Å²) in [6, 6.07) is -1.16. The lowest BCUT2D eigenvalue weighted by molar-refractivity contribution is -0.142. The van der Waals surface area contributed by atoms with Gasteiger partial charge in [0.15, 0.2) is 0 Å². The van der Waals surface area contributed by atoms with Gasteiger partial charge in [0.2, 0.25) is 0 Å². The number of aromatic nitrogens is 2. The minimum atomic E-state index is -1.21. The highest BCUT2D eigenvalue weighted by atomic mass is 16.5. The molecule has 0 radical (unpaired) electrons. The van der Waals surface area contributed by atoms with E-state index in [4.69, 9.17) is 5.11 Å². The Hall–Kier alpha value is -2.38. The molecule has 8 heteroatoms. The number of aryl methyl sites for hydroxylation is 1. The summed E-state index contributed by atoms with van der Waals surface area (Å²) >= 11 is 0. The molecule has 0 aliphatic carbocycles. The third-order valence-electron chi connectivity index (χ3n) is 2.41. The Morgan fingerprint density at radius 1 is 1.53 bits per heavy atom. The molecule has 8 nitrogen and oxygen atoms in total. The number of carboxylic acids is 1. The van der Waals surface area contributed by atoms with Crippen LogP contribution in [0.25, 0.3) is 0 Å². The Labute approximate surface area is 109 Å². The minimum Gasteiger partial charge on any atom is -0.480 e. The number of hydrogen-bond acceptors (Lipinski definition) is 5. The van der Waals surface area contributed by atoms with Gasteiger partial charge in [0.1, 0.15) is 11.7 Å². The van der Waals surface area contributed by atoms with Gasteiger partial charge >= 0.3 is 11.9 Å². The van der Waals surface area contributed by atoms with Crippen molar-refractivity contribution in [3.63, 3.8) is 0 Å². The van der Waals surface area contributed by atoms with Gasteiger partial charge in [-0.3, -0.25) is 9.59 Å². The first-order valence-corrected chi connectivity index (χ1v) is 5.52. The van der Waals surface area contributed by atoms with E-state index in [9.17, 15) is 14.4 Å². The first-order valence-electron chi connectivity index (χ1n) is 5.52. The smallest absolute Gasteiger partial charge is 0.326 e. The highest BCUT2D eigenvalue weighted by molar-refractivity contribution is 5.94. The summed E-state index contributed by atoms with van der Waals surface area (Å²) in [6.07, 6.45) is 2.77. The van der Waals surface area contributed by atoms with Crippen molar-refractivity contribution in [2.45, 2.75) is 18.9 Å². The van der Waals surface area contributed by atoms with Gasteiger partial charge in [-0.1, -0.05) is 0 Å². The number of esters is 1. The third-order valence-corrected chi connectivity index (χ3v) is 2.41. The molecule has 0 spiro atoms. The van der Waals surface area contributed by atoms with E-state index >= 15 is 0 Å². The number of carbonyl (C=O) groups is 3. The van der Waals surface area contributed by atoms with E-state index in [1.54, 1.807) is 11.6 Å². The van der Waals surface area contributed by atoms with E-state index in [0.29, 0.717) is 0 Å². The number of amides is 1. The van der Waals surface area contributed by atoms with Gasteiger partial charge in [0, 0.05) is 19.7 Å². The quantitative estimate of drug-likeness (QED) is 0.677. The van der Waals surface area contributed by atoms with E-state index in [1.165, 1.54) is 19.6 Å². The number of ether oxygens (including phenoxy) is 1. The minimum absolute atomic E-state index is 0.0411. The number of carbonyl (C=O) groups excluding carboxylic acids is 2. The molecule has 0 unspecified atom stereocenters. The van der Waals surface area contributed by atoms with Crippen molar-refractivity contribution in [2.75, 3.05) is 7.11 Å². The Kier molecular flexibility index (Phi) is 5.04. The molecule has 1 aromatic heterocycles. The van der Waals surface area contributed by atoms with Gasteiger partial charge in [-0.2, -0.15) is 0 Å². The van der Waals surface area contributed by atoms with Crippen LogP contribution in [-0.4, -0.2) is 45.7 Å². The Morgan fingerprint density at radius 3 is 2.68 bits per heavy atom. The zero-order valence-corrected chi connectivity index (χ0v) is 10.6. The third kappa shape index (κ3) is 4.41. The summed E-state index contributed by atoms with van der Waals surface area (Å²) in [5, 5.41) is 11.3. The maximum atomic E-state index is 11.7. The molecule has 1 aromatic rings. The summed E-state index contributed by atoms with van der Waals surface area (Å²) in [4.78, 5) is 37.5. The standard InChI is InChI=1S/C11H15N3O5/c1-14-5-8(12-6-14)10(16)13-7(11(17)18)3-4-9(15)19-2/h5-7H,3-4H2,1-2H3,(H,13,16)(H,17,18)/t7-/m0/s1. The van der Waals surface area contributed by atoms with Crippen molar-refractivity contribution in [3.05, 3.63) is 18.2 Å². The highest BCUT2D eigenvalue weighted by Gasteiger charge is 2.22. The molecule has 0 saturated carbocycles. The summed E-state index contributed by atoms with van der Waals surface area (Å²) in [7, 11) is 2.90. The summed E-state index contributed by atoms with van der Waals surface area (Å²) in [5.74, 6) is -2.34. The number of carboxylic acid groups (broad SMARTS) is 1. The van der Waals surface area contributed by atoms with E-state index in [1.807, 2.05) is 0 Å². The topological polar surface area (TPSA) is 111 Å². The van der Waals surface area contributed by atoms with Crippen molar-refractivity contribution in [3.8, 4) is 0 Å². The maximum absolute atomic E-state index is 11.7. The average Bonchev–Trinajstić information content (AvgIpc) is 2.80. The van der Waals surface area contributed by atoms with Gasteiger partial charge in [0.05, 0.1) is 13.4 Å². The molecule has 0 fully saturated rings. The fraction of sp³-hybridized carbons (Fsp3) is 0.455. The molecular weight excluding hydrogens is 254 g/mol. The number of rotatable bonds is 6. The lowest BCUT2D eigenvalue weighted by Gasteiger charge is -2.12. The largest absolute Gasteiger partial charge is 0.480 e. The molecule has 0 aromatic carbocycles. The molecule has 0 aliphatic rings. The Balaban J connectivity index is 2.61. The summed E-state index contributed by atoms with van der Waals surface area (Å²) in [5.41, 5.74) is 0.117. The highest BCUT2D eigenvalue weighted by Crippen LogP contribution is 2.02. The van der Waals surface area contributed by atoms with Crippen LogP contribution >= 0.6 is 0 Å². The fourth-order valence-corrected chi connectivity index (χ4v) is 1.38. The summed E-state index contributed by atoms with van der Waals surface area (Å²) < 4.78 is 5.98. The zero-order chi connectivity index (χ0) is 14.4. The van der Waals surface area contributed by atoms with Crippen LogP contribution in [-0.2, 0) is 21.4 Å². The van der Waals surface area contributed by atoms with Crippen LogP contribution in [0.5, 0.6) is 0 Å². The van der Waals surface area contributed by atoms with Crippen molar-refractivity contribution in [1.82, 2.24) is 14.9 Å². The SMILES string of the molecule is COC(=O)CC[C@H](NC(=O)c1cn(C)cn1)C(=O)O. The Morgan fingerprint density at radius 2 is 2.21 bits per heavy atom. The molecule has 0 aliphatic heterocycles. The number of methoxy groups -OCH3 is 1. The number of nitrogens with zero attached hydrogens (tertiary/aromatic N) is 2. The van der Waals surface area contributed by atoms with Crippen LogP contribution in [0.2, 0.25) is 0 Å². The molecule has 19 heavy (non-hydrogen) atoms. The molecule has 1 heterocycles. The van der Waals surface area contributed by atoms with Gasteiger partial charge in [-0.05, 0) is 6.42 Å². The first kappa shape index (κ1) is 14.7. The molecule has 1 rings (SSSR count). The molecular formula is C11H15N3O5. The van der Waals surface area contributed by atoms with Crippen LogP contribution in [0.15, 0.2) is 12.5 Å². The molecule has 0 bridgehead atoms. The monoisotopic (exact) mass is 269 g/mol. The van der Waals surface area contributed by atoms with Gasteiger partial charge in [0.25, 0.3) is 5.91 Å². The van der Waals surface area contributed by atoms with E-state index in [2.05, 4.69) is 15.0 Å². The molecule has 0 saturated heterocycles. The van der Waals surface area contributed by atoms with Crippen molar-refractivity contribution in [2.24, 2.45) is 7.05 Å². The second kappa shape index (κ2) is 6.53. The predicted molar refractivity (Wildman–Crippen MR) is 63.3 cm³/mol. The molecule has 1 amide bonds. The van der Waals surface area contributed by atoms with Gasteiger partial charge in [-0.25, -0.2) is 9.78 Å². The maximum Gasteiger partial charge on any atom is 0.326 e. The second-order valence-electron chi connectivity index (χ2n) is 3.90. The normalized spacial score (nSPS) is 11.7. The molecule has 1 atom stereocenters.